The fraction of sp³-hybridized carbons (Fsp3) is 0.417. The van der Waals surface area contributed by atoms with Gasteiger partial charge in [0, 0.05) is 69.5 Å². The van der Waals surface area contributed by atoms with Crippen LogP contribution in [0.3, 0.4) is 0 Å². The van der Waals surface area contributed by atoms with Gasteiger partial charge in [0.1, 0.15) is 11.5 Å². The van der Waals surface area contributed by atoms with E-state index in [0.717, 1.165) is 171 Å². The van der Waals surface area contributed by atoms with Gasteiger partial charge in [0.15, 0.2) is 5.60 Å². The van der Waals surface area contributed by atoms with Crippen molar-refractivity contribution in [3.05, 3.63) is 162 Å². The predicted molar refractivity (Wildman–Crippen MR) is 296 cm³/mol. The lowest BCUT2D eigenvalue weighted by Gasteiger charge is -2.30. The first-order valence-electron chi connectivity index (χ1n) is 25.9. The van der Waals surface area contributed by atoms with Crippen LogP contribution in [0.4, 0.5) is 11.4 Å². The first-order valence-corrected chi connectivity index (χ1v) is 27.5. The number of ether oxygens (including phenoxy) is 7. The Morgan fingerprint density at radius 3 is 1.24 bits per heavy atom. The minimum atomic E-state index is -1.72. The lowest BCUT2D eigenvalue weighted by atomic mass is 9.82. The van der Waals surface area contributed by atoms with Gasteiger partial charge >= 0.3 is 5.97 Å². The number of hydrogen-bond acceptors (Lipinski definition) is 10. The second-order valence-corrected chi connectivity index (χ2v) is 21.6. The normalized spacial score (nSPS) is 22.8. The number of carbonyl (C=O) groups excluding carboxylic acids is 1. The molecule has 4 atom stereocenters. The molecule has 14 heteroatoms. The van der Waals surface area contributed by atoms with Crippen LogP contribution in [0, 0.1) is 13.8 Å². The summed E-state index contributed by atoms with van der Waals surface area (Å²) >= 11 is 28.2. The summed E-state index contributed by atoms with van der Waals surface area (Å²) in [6, 6.07) is 29.1. The number of hydrogen-bond donors (Lipinski definition) is 0. The summed E-state index contributed by atoms with van der Waals surface area (Å²) in [5, 5.41) is -0.0214. The van der Waals surface area contributed by atoms with E-state index in [0.29, 0.717) is 0 Å². The number of halogens is 4. The molecule has 74 heavy (non-hydrogen) atoms. The molecule has 10 rings (SSSR count). The number of carbonyl (C=O) groups is 1. The molecule has 0 aromatic heterocycles. The zero-order valence-electron chi connectivity index (χ0n) is 42.5. The van der Waals surface area contributed by atoms with Crippen LogP contribution in [0.1, 0.15) is 101 Å². The lowest BCUT2D eigenvalue weighted by Crippen LogP contribution is -2.37. The van der Waals surface area contributed by atoms with Gasteiger partial charge in [-0.05, 0) is 170 Å². The highest BCUT2D eigenvalue weighted by Crippen LogP contribution is 2.54. The fourth-order valence-electron chi connectivity index (χ4n) is 11.3. The van der Waals surface area contributed by atoms with Gasteiger partial charge in [0.05, 0.1) is 64.3 Å². The van der Waals surface area contributed by atoms with Crippen LogP contribution in [0.5, 0.6) is 11.5 Å². The Balaban J connectivity index is 1.17. The van der Waals surface area contributed by atoms with Gasteiger partial charge < -0.3 is 43.0 Å². The maximum Gasteiger partial charge on any atom is 0.341 e. The Morgan fingerprint density at radius 2 is 0.905 bits per heavy atom. The molecule has 10 nitrogen and oxygen atoms in total. The number of esters is 1. The second kappa shape index (κ2) is 23.2. The van der Waals surface area contributed by atoms with Crippen molar-refractivity contribution in [1.82, 2.24) is 0 Å². The van der Waals surface area contributed by atoms with E-state index in [-0.39, 0.29) is 55.6 Å². The Hall–Kier alpha value is -4.75. The highest BCUT2D eigenvalue weighted by atomic mass is 35.5. The quantitative estimate of drug-likeness (QED) is 0.0480. The molecule has 0 bridgehead atoms. The first-order chi connectivity index (χ1) is 35.9. The molecule has 0 spiro atoms. The van der Waals surface area contributed by atoms with Crippen molar-refractivity contribution < 1.29 is 38.0 Å². The topological polar surface area (TPSA) is 88.2 Å². The second-order valence-electron chi connectivity index (χ2n) is 20.1. The lowest BCUT2D eigenvalue weighted by molar-refractivity contribution is 0.0300. The van der Waals surface area contributed by atoms with E-state index in [2.05, 4.69) is 70.5 Å². The number of methoxy groups -OCH3 is 2. The minimum absolute atomic E-state index is 0.00843. The summed E-state index contributed by atoms with van der Waals surface area (Å²) in [4.78, 5) is 19.5. The molecule has 4 saturated heterocycles. The third-order valence-electron chi connectivity index (χ3n) is 15.1. The van der Waals surface area contributed by atoms with E-state index in [1.165, 1.54) is 0 Å². The Kier molecular flexibility index (Phi) is 16.5. The van der Waals surface area contributed by atoms with Crippen molar-refractivity contribution in [2.45, 2.75) is 95.2 Å². The smallest absolute Gasteiger partial charge is 0.341 e. The van der Waals surface area contributed by atoms with E-state index in [1.54, 1.807) is 14.2 Å². The van der Waals surface area contributed by atoms with Crippen molar-refractivity contribution in [2.75, 3.05) is 76.6 Å². The number of aryl methyl sites for hydroxylation is 2. The van der Waals surface area contributed by atoms with Gasteiger partial charge in [0.25, 0.3) is 0 Å². The molecule has 390 valence electrons. The van der Waals surface area contributed by atoms with Crippen LogP contribution in [-0.4, -0.2) is 97.2 Å². The maximum absolute atomic E-state index is 14.7. The van der Waals surface area contributed by atoms with Gasteiger partial charge in [-0.3, -0.25) is 0 Å². The summed E-state index contributed by atoms with van der Waals surface area (Å²) < 4.78 is 42.9. The third kappa shape index (κ3) is 11.2. The monoisotopic (exact) mass is 1080 g/mol. The van der Waals surface area contributed by atoms with Crippen LogP contribution in [0.2, 0.25) is 20.1 Å². The number of fused-ring (bicyclic) bond motifs is 1. The largest absolute Gasteiger partial charge is 0.496 e. The Bertz CT molecular complexity index is 2700. The van der Waals surface area contributed by atoms with Crippen molar-refractivity contribution in [2.24, 2.45) is 0 Å². The number of cyclic esters (lactones) is 1. The number of nitrogens with zero attached hydrogens (tertiary/aromatic N) is 2. The fourth-order valence-corrected chi connectivity index (χ4v) is 12.4. The summed E-state index contributed by atoms with van der Waals surface area (Å²) in [7, 11) is 3.32. The molecule has 5 heterocycles. The Morgan fingerprint density at radius 1 is 0.541 bits per heavy atom. The van der Waals surface area contributed by atoms with Crippen LogP contribution in [0.15, 0.2) is 97.1 Å². The van der Waals surface area contributed by atoms with Crippen LogP contribution in [-0.2, 0) is 29.3 Å². The molecular weight excluding hydrogens is 1020 g/mol. The van der Waals surface area contributed by atoms with Crippen molar-refractivity contribution in [3.63, 3.8) is 0 Å². The number of anilines is 2. The van der Waals surface area contributed by atoms with Gasteiger partial charge in [-0.1, -0.05) is 82.8 Å². The molecule has 5 aliphatic rings. The molecule has 0 aliphatic carbocycles. The minimum Gasteiger partial charge on any atom is -0.496 e. The number of rotatable bonds is 18. The summed E-state index contributed by atoms with van der Waals surface area (Å²) in [6.45, 7) is 10.2. The van der Waals surface area contributed by atoms with Crippen molar-refractivity contribution in [3.8, 4) is 11.5 Å². The number of benzene rings is 5. The SMILES string of the molecule is COc1ccc(C(=CC2(C=C(c3ccc(N(CC4CCCO4)CC4CCCO4)cc3)c3ccc(OC)c(C)c3)OC(=O)c3c(Cl)c(Cl)c(Cl)c(Cl)c32)c2ccc(N(CC3CCCO3)CC3CCCO3)cc2)cc1C. The summed E-state index contributed by atoms with van der Waals surface area (Å²) in [5.41, 5.74) is 7.44. The third-order valence-corrected chi connectivity index (χ3v) is 16.9. The van der Waals surface area contributed by atoms with Crippen molar-refractivity contribution >= 4 is 74.9 Å². The molecule has 5 aliphatic heterocycles. The zero-order chi connectivity index (χ0) is 51.5. The van der Waals surface area contributed by atoms with Gasteiger partial charge in [-0.15, -0.1) is 0 Å². The standard InChI is InChI=1S/C60H64Cl4N2O8/c1-37-29-41(17-23-51(37)68-3)49(39-13-19-43(20-14-39)65(33-45-9-5-25-70-45)34-46-10-6-26-71-46)31-60(54-53(59(67)74-60)55(61)57(63)58(64)56(54)62)32-50(42-18-24-52(69-4)38(2)30-42)40-15-21-44(22-16-40)66(35-47-11-7-27-72-47)36-48-12-8-28-73-48/h13-24,29-32,45-48H,5-12,25-28,33-36H2,1-4H3. The van der Waals surface area contributed by atoms with Gasteiger partial charge in [0.2, 0.25) is 0 Å². The van der Waals surface area contributed by atoms with Crippen molar-refractivity contribution in [1.29, 1.82) is 0 Å². The molecule has 4 unspecified atom stereocenters. The van der Waals surface area contributed by atoms with Crippen LogP contribution in [0.25, 0.3) is 11.1 Å². The van der Waals surface area contributed by atoms with Crippen LogP contribution >= 0.6 is 46.4 Å². The summed E-state index contributed by atoms with van der Waals surface area (Å²) in [6.07, 6.45) is 12.8. The van der Waals surface area contributed by atoms with E-state index in [1.807, 2.05) is 50.3 Å². The van der Waals surface area contributed by atoms with E-state index in [4.69, 9.17) is 79.6 Å². The molecule has 0 saturated carbocycles. The first kappa shape index (κ1) is 52.7. The highest BCUT2D eigenvalue weighted by molar-refractivity contribution is 6.53. The van der Waals surface area contributed by atoms with E-state index in [9.17, 15) is 4.79 Å². The molecule has 0 amide bonds. The molecule has 5 aromatic rings. The van der Waals surface area contributed by atoms with Gasteiger partial charge in [-0.2, -0.15) is 0 Å². The average Bonchev–Trinajstić information content (AvgIpc) is 4.30. The van der Waals surface area contributed by atoms with E-state index >= 15 is 0 Å². The maximum atomic E-state index is 14.7. The predicted octanol–water partition coefficient (Wildman–Crippen LogP) is 13.9. The molecular formula is C60H64Cl4N2O8. The van der Waals surface area contributed by atoms with Crippen LogP contribution < -0.4 is 19.3 Å². The average molecular weight is 1080 g/mol. The molecule has 4 fully saturated rings. The van der Waals surface area contributed by atoms with E-state index < -0.39 is 11.6 Å². The molecule has 0 N–H and O–H groups in total. The molecule has 0 radical (unpaired) electrons. The Labute approximate surface area is 455 Å². The zero-order valence-corrected chi connectivity index (χ0v) is 45.6. The highest BCUT2D eigenvalue weighted by Gasteiger charge is 2.48. The molecule has 5 aromatic carbocycles. The summed E-state index contributed by atoms with van der Waals surface area (Å²) in [5.74, 6) is 0.769. The van der Waals surface area contributed by atoms with Gasteiger partial charge in [-0.25, -0.2) is 4.79 Å².